The normalized spacial score (nSPS) is 14.7. The number of hydrogen-bond donors (Lipinski definition) is 0. The lowest BCUT2D eigenvalue weighted by Gasteiger charge is -2.25. The van der Waals surface area contributed by atoms with Gasteiger partial charge in [0.1, 0.15) is 12.4 Å². The van der Waals surface area contributed by atoms with Gasteiger partial charge in [-0.15, -0.1) is 0 Å². The summed E-state index contributed by atoms with van der Waals surface area (Å²) in [5, 5.41) is 0. The maximum Gasteiger partial charge on any atom is 0.338 e. The van der Waals surface area contributed by atoms with E-state index in [2.05, 4.69) is 20.9 Å². The minimum absolute atomic E-state index is 0.193. The van der Waals surface area contributed by atoms with Gasteiger partial charge in [-0.25, -0.2) is 9.79 Å². The SMILES string of the molecule is CCOC(=O)C1=C(C)N=c2s/c(=C\c3ccc(OCc4ccccc4)c(Br)c3)c(=O)n2C1c1ccc(OC)c(OC)c1. The molecule has 0 N–H and O–H groups in total. The second-order valence-corrected chi connectivity index (χ2v) is 11.2. The van der Waals surface area contributed by atoms with Crippen molar-refractivity contribution in [3.63, 3.8) is 0 Å². The summed E-state index contributed by atoms with van der Waals surface area (Å²) in [5.41, 5.74) is 3.06. The summed E-state index contributed by atoms with van der Waals surface area (Å²) in [6.07, 6.45) is 1.81. The molecule has 0 saturated carbocycles. The molecule has 0 saturated heterocycles. The third kappa shape index (κ3) is 5.91. The molecule has 1 aliphatic rings. The molecule has 42 heavy (non-hydrogen) atoms. The van der Waals surface area contributed by atoms with Crippen molar-refractivity contribution in [2.45, 2.75) is 26.5 Å². The highest BCUT2D eigenvalue weighted by Crippen LogP contribution is 2.36. The van der Waals surface area contributed by atoms with Crippen molar-refractivity contribution in [2.24, 2.45) is 4.99 Å². The van der Waals surface area contributed by atoms with Crippen molar-refractivity contribution in [3.05, 3.63) is 119 Å². The van der Waals surface area contributed by atoms with E-state index in [0.717, 1.165) is 15.6 Å². The second kappa shape index (κ2) is 12.8. The number of aromatic nitrogens is 1. The van der Waals surface area contributed by atoms with E-state index in [0.29, 0.717) is 50.0 Å². The van der Waals surface area contributed by atoms with Gasteiger partial charge in [0.2, 0.25) is 0 Å². The molecule has 10 heteroatoms. The third-order valence-corrected chi connectivity index (χ3v) is 8.33. The number of esters is 1. The number of thiazole rings is 1. The topological polar surface area (TPSA) is 88.4 Å². The van der Waals surface area contributed by atoms with Crippen molar-refractivity contribution in [1.29, 1.82) is 0 Å². The molecule has 5 rings (SSSR count). The van der Waals surface area contributed by atoms with Crippen molar-refractivity contribution >= 4 is 39.3 Å². The number of benzene rings is 3. The smallest absolute Gasteiger partial charge is 0.338 e. The average molecular weight is 650 g/mol. The Kier molecular flexibility index (Phi) is 8.94. The van der Waals surface area contributed by atoms with Crippen LogP contribution in [0.3, 0.4) is 0 Å². The van der Waals surface area contributed by atoms with Crippen LogP contribution in [0.2, 0.25) is 0 Å². The van der Waals surface area contributed by atoms with Gasteiger partial charge < -0.3 is 18.9 Å². The molecule has 216 valence electrons. The number of rotatable bonds is 9. The molecule has 1 unspecified atom stereocenters. The number of fused-ring (bicyclic) bond motifs is 1. The highest BCUT2D eigenvalue weighted by atomic mass is 79.9. The predicted molar refractivity (Wildman–Crippen MR) is 165 cm³/mol. The molecule has 1 aromatic heterocycles. The van der Waals surface area contributed by atoms with E-state index in [9.17, 15) is 9.59 Å². The number of allylic oxidation sites excluding steroid dienone is 1. The fraction of sp³-hybridized carbons (Fsp3) is 0.219. The van der Waals surface area contributed by atoms with Gasteiger partial charge >= 0.3 is 5.97 Å². The van der Waals surface area contributed by atoms with E-state index < -0.39 is 12.0 Å². The van der Waals surface area contributed by atoms with Crippen LogP contribution in [0.5, 0.6) is 17.2 Å². The first-order valence-electron chi connectivity index (χ1n) is 13.2. The van der Waals surface area contributed by atoms with Gasteiger partial charge in [0.25, 0.3) is 5.56 Å². The Morgan fingerprint density at radius 3 is 2.45 bits per heavy atom. The summed E-state index contributed by atoms with van der Waals surface area (Å²) in [7, 11) is 3.09. The molecule has 0 fully saturated rings. The quantitative estimate of drug-likeness (QED) is 0.233. The number of methoxy groups -OCH3 is 2. The first kappa shape index (κ1) is 29.3. The lowest BCUT2D eigenvalue weighted by molar-refractivity contribution is -0.139. The van der Waals surface area contributed by atoms with Crippen LogP contribution in [0.1, 0.15) is 36.6 Å². The molecule has 0 aliphatic carbocycles. The molecule has 0 radical (unpaired) electrons. The lowest BCUT2D eigenvalue weighted by Crippen LogP contribution is -2.39. The van der Waals surface area contributed by atoms with Gasteiger partial charge in [-0.3, -0.25) is 9.36 Å². The summed E-state index contributed by atoms with van der Waals surface area (Å²) < 4.78 is 25.1. The molecular formula is C32H29BrN2O6S. The number of nitrogens with zero attached hydrogens (tertiary/aromatic N) is 2. The fourth-order valence-electron chi connectivity index (χ4n) is 4.74. The van der Waals surface area contributed by atoms with Crippen LogP contribution in [-0.2, 0) is 16.1 Å². The van der Waals surface area contributed by atoms with Crippen LogP contribution >= 0.6 is 27.3 Å². The molecule has 4 aromatic rings. The molecular weight excluding hydrogens is 620 g/mol. The zero-order valence-electron chi connectivity index (χ0n) is 23.5. The number of halogens is 1. The Morgan fingerprint density at radius 2 is 1.76 bits per heavy atom. The molecule has 1 aliphatic heterocycles. The van der Waals surface area contributed by atoms with E-state index in [1.54, 1.807) is 37.7 Å². The Hall–Kier alpha value is -4.15. The van der Waals surface area contributed by atoms with Gasteiger partial charge in [0, 0.05) is 0 Å². The summed E-state index contributed by atoms with van der Waals surface area (Å²) in [5.74, 6) is 1.19. The minimum Gasteiger partial charge on any atom is -0.493 e. The molecule has 0 spiro atoms. The van der Waals surface area contributed by atoms with E-state index in [-0.39, 0.29) is 12.2 Å². The number of carbonyl (C=O) groups is 1. The predicted octanol–water partition coefficient (Wildman–Crippen LogP) is 5.16. The van der Waals surface area contributed by atoms with Gasteiger partial charge in [0.15, 0.2) is 16.3 Å². The Balaban J connectivity index is 1.56. The maximum absolute atomic E-state index is 13.9. The largest absolute Gasteiger partial charge is 0.493 e. The van der Waals surface area contributed by atoms with E-state index >= 15 is 0 Å². The van der Waals surface area contributed by atoms with Gasteiger partial charge in [0.05, 0.1) is 47.1 Å². The summed E-state index contributed by atoms with van der Waals surface area (Å²) >= 11 is 4.86. The first-order chi connectivity index (χ1) is 20.3. The van der Waals surface area contributed by atoms with Gasteiger partial charge in [-0.05, 0) is 76.8 Å². The van der Waals surface area contributed by atoms with Crippen LogP contribution in [0, 0.1) is 0 Å². The zero-order chi connectivity index (χ0) is 29.8. The van der Waals surface area contributed by atoms with Crippen molar-refractivity contribution in [1.82, 2.24) is 4.57 Å². The van der Waals surface area contributed by atoms with Crippen LogP contribution in [0.4, 0.5) is 0 Å². The van der Waals surface area contributed by atoms with Gasteiger partial charge in [-0.2, -0.15) is 0 Å². The van der Waals surface area contributed by atoms with Crippen LogP contribution in [0.25, 0.3) is 6.08 Å². The summed E-state index contributed by atoms with van der Waals surface area (Å²) in [6, 6.07) is 20.2. The number of carbonyl (C=O) groups excluding carboxylic acids is 1. The number of ether oxygens (including phenoxy) is 4. The van der Waals surface area contributed by atoms with E-state index in [1.807, 2.05) is 60.7 Å². The monoisotopic (exact) mass is 648 g/mol. The Labute approximate surface area is 255 Å². The van der Waals surface area contributed by atoms with Crippen molar-refractivity contribution < 1.29 is 23.7 Å². The fourth-order valence-corrected chi connectivity index (χ4v) is 6.30. The van der Waals surface area contributed by atoms with Crippen LogP contribution < -0.4 is 29.1 Å². The minimum atomic E-state index is -0.761. The summed E-state index contributed by atoms with van der Waals surface area (Å²) in [4.78, 5) is 32.2. The summed E-state index contributed by atoms with van der Waals surface area (Å²) in [6.45, 7) is 4.13. The average Bonchev–Trinajstić information content (AvgIpc) is 3.29. The van der Waals surface area contributed by atoms with Crippen molar-refractivity contribution in [3.8, 4) is 17.2 Å². The van der Waals surface area contributed by atoms with Crippen LogP contribution in [-0.4, -0.2) is 31.4 Å². The first-order valence-corrected chi connectivity index (χ1v) is 14.8. The zero-order valence-corrected chi connectivity index (χ0v) is 26.0. The standard InChI is InChI=1S/C32H29BrN2O6S/c1-5-40-31(37)28-19(2)34-32-35(29(28)22-12-14-25(38-3)26(17-22)39-4)30(36)27(42-32)16-21-11-13-24(23(33)15-21)41-18-20-9-7-6-8-10-20/h6-17,29H,5,18H2,1-4H3/b27-16-. The van der Waals surface area contributed by atoms with E-state index in [1.165, 1.54) is 18.4 Å². The molecule has 8 nitrogen and oxygen atoms in total. The number of hydrogen-bond acceptors (Lipinski definition) is 8. The molecule has 1 atom stereocenters. The molecule has 0 bridgehead atoms. The molecule has 0 amide bonds. The Bertz CT molecular complexity index is 1840. The Morgan fingerprint density at radius 1 is 1.02 bits per heavy atom. The van der Waals surface area contributed by atoms with Crippen molar-refractivity contribution in [2.75, 3.05) is 20.8 Å². The lowest BCUT2D eigenvalue weighted by atomic mass is 9.95. The molecule has 3 aromatic carbocycles. The van der Waals surface area contributed by atoms with Crippen LogP contribution in [0.15, 0.2) is 92.3 Å². The maximum atomic E-state index is 13.9. The highest BCUT2D eigenvalue weighted by molar-refractivity contribution is 9.10. The highest BCUT2D eigenvalue weighted by Gasteiger charge is 2.34. The third-order valence-electron chi connectivity index (χ3n) is 6.73. The second-order valence-electron chi connectivity index (χ2n) is 9.38. The molecule has 2 heterocycles. The van der Waals surface area contributed by atoms with E-state index in [4.69, 9.17) is 18.9 Å². The van der Waals surface area contributed by atoms with Gasteiger partial charge in [-0.1, -0.05) is 53.8 Å².